The van der Waals surface area contributed by atoms with E-state index in [4.69, 9.17) is 34.8 Å². The third kappa shape index (κ3) is 2.84. The lowest BCUT2D eigenvalue weighted by Gasteiger charge is -2.20. The largest absolute Gasteiger partial charge is 0.275 e. The molecular weight excluding hydrogens is 309 g/mol. The molecule has 6 heteroatoms. The maximum absolute atomic E-state index is 11.0. The van der Waals surface area contributed by atoms with E-state index in [-0.39, 0.29) is 11.3 Å². The molecule has 2 aromatic carbocycles. The molecule has 0 fully saturated rings. The third-order valence-electron chi connectivity index (χ3n) is 2.65. The van der Waals surface area contributed by atoms with Crippen LogP contribution in [0.15, 0.2) is 48.5 Å². The number of nitro groups is 1. The number of halogens is 3. The second-order valence-electron chi connectivity index (χ2n) is 3.86. The van der Waals surface area contributed by atoms with Crippen LogP contribution in [0.25, 0.3) is 0 Å². The lowest BCUT2D eigenvalue weighted by atomic mass is 10.0. The molecule has 0 spiro atoms. The van der Waals surface area contributed by atoms with E-state index in [1.807, 2.05) is 0 Å². The number of para-hydroxylation sites is 1. The van der Waals surface area contributed by atoms with Gasteiger partial charge in [0.15, 0.2) is 4.33 Å². The van der Waals surface area contributed by atoms with E-state index in [2.05, 4.69) is 0 Å². The molecule has 0 aliphatic carbocycles. The number of benzene rings is 2. The van der Waals surface area contributed by atoms with Gasteiger partial charge in [0.1, 0.15) is 0 Å². The highest BCUT2D eigenvalue weighted by Gasteiger charge is 2.35. The first-order chi connectivity index (χ1) is 8.93. The van der Waals surface area contributed by atoms with Crippen LogP contribution in [0, 0.1) is 10.1 Å². The van der Waals surface area contributed by atoms with Crippen molar-refractivity contribution in [1.82, 2.24) is 0 Å². The summed E-state index contributed by atoms with van der Waals surface area (Å²) in [6.07, 6.45) is 0. The van der Waals surface area contributed by atoms with Crippen molar-refractivity contribution in [3.05, 3.63) is 74.8 Å². The maximum atomic E-state index is 11.0. The Labute approximate surface area is 124 Å². The SMILES string of the molecule is O=[N+]([O-])c1ccccc1C(Cl)(Cl)c1ccc(Cl)cc1. The van der Waals surface area contributed by atoms with E-state index >= 15 is 0 Å². The van der Waals surface area contributed by atoms with Gasteiger partial charge >= 0.3 is 0 Å². The van der Waals surface area contributed by atoms with Gasteiger partial charge in [-0.2, -0.15) is 0 Å². The minimum Gasteiger partial charge on any atom is -0.258 e. The average molecular weight is 317 g/mol. The van der Waals surface area contributed by atoms with Crippen molar-refractivity contribution in [2.24, 2.45) is 0 Å². The maximum Gasteiger partial charge on any atom is 0.275 e. The zero-order chi connectivity index (χ0) is 14.0. The molecule has 2 aromatic rings. The van der Waals surface area contributed by atoms with Gasteiger partial charge in [0.05, 0.1) is 10.5 Å². The standard InChI is InChI=1S/C13H8Cl3NO2/c14-10-7-5-9(6-8-10)13(15,16)11-3-1-2-4-12(11)17(18)19/h1-8H. The fourth-order valence-electron chi connectivity index (χ4n) is 1.71. The lowest BCUT2D eigenvalue weighted by Crippen LogP contribution is -2.14. The van der Waals surface area contributed by atoms with Crippen molar-refractivity contribution < 1.29 is 4.92 Å². The quantitative estimate of drug-likeness (QED) is 0.458. The number of rotatable bonds is 3. The Balaban J connectivity index is 2.56. The number of alkyl halides is 2. The molecule has 0 heterocycles. The molecule has 0 saturated carbocycles. The predicted molar refractivity (Wildman–Crippen MR) is 77.0 cm³/mol. The summed E-state index contributed by atoms with van der Waals surface area (Å²) in [6, 6.07) is 12.6. The summed E-state index contributed by atoms with van der Waals surface area (Å²) in [6.45, 7) is 0. The predicted octanol–water partition coefficient (Wildman–Crippen LogP) is 4.93. The zero-order valence-corrected chi connectivity index (χ0v) is 11.8. The molecule has 0 aliphatic heterocycles. The van der Waals surface area contributed by atoms with E-state index in [0.717, 1.165) is 0 Å². The molecule has 0 radical (unpaired) electrons. The number of hydrogen-bond donors (Lipinski definition) is 0. The Kier molecular flexibility index (Phi) is 3.99. The number of hydrogen-bond acceptors (Lipinski definition) is 2. The van der Waals surface area contributed by atoms with Crippen molar-refractivity contribution in [2.75, 3.05) is 0 Å². The van der Waals surface area contributed by atoms with Crippen molar-refractivity contribution in [3.8, 4) is 0 Å². The van der Waals surface area contributed by atoms with Crippen molar-refractivity contribution in [3.63, 3.8) is 0 Å². The normalized spacial score (nSPS) is 11.3. The fourth-order valence-corrected chi connectivity index (χ4v) is 2.41. The summed E-state index contributed by atoms with van der Waals surface area (Å²) in [7, 11) is 0. The Morgan fingerprint density at radius 2 is 1.58 bits per heavy atom. The van der Waals surface area contributed by atoms with Gasteiger partial charge < -0.3 is 0 Å². The summed E-state index contributed by atoms with van der Waals surface area (Å²) >= 11 is 18.4. The number of nitro benzene ring substituents is 1. The summed E-state index contributed by atoms with van der Waals surface area (Å²) < 4.78 is -1.51. The van der Waals surface area contributed by atoms with Crippen LogP contribution in [0.1, 0.15) is 11.1 Å². The topological polar surface area (TPSA) is 43.1 Å². The van der Waals surface area contributed by atoms with E-state index in [1.54, 1.807) is 36.4 Å². The fraction of sp³-hybridized carbons (Fsp3) is 0.0769. The lowest BCUT2D eigenvalue weighted by molar-refractivity contribution is -0.385. The zero-order valence-electron chi connectivity index (χ0n) is 9.52. The first-order valence-electron chi connectivity index (χ1n) is 5.30. The second kappa shape index (κ2) is 5.37. The van der Waals surface area contributed by atoms with Crippen molar-refractivity contribution in [2.45, 2.75) is 4.33 Å². The number of nitrogens with zero attached hydrogens (tertiary/aromatic N) is 1. The molecule has 2 rings (SSSR count). The van der Waals surface area contributed by atoms with E-state index in [9.17, 15) is 10.1 Å². The van der Waals surface area contributed by atoms with Gasteiger partial charge in [-0.25, -0.2) is 0 Å². The van der Waals surface area contributed by atoms with E-state index < -0.39 is 9.26 Å². The van der Waals surface area contributed by atoms with Gasteiger partial charge in [-0.3, -0.25) is 10.1 Å². The van der Waals surface area contributed by atoms with Crippen molar-refractivity contribution in [1.29, 1.82) is 0 Å². The average Bonchev–Trinajstić information content (AvgIpc) is 2.39. The molecule has 0 saturated heterocycles. The third-order valence-corrected chi connectivity index (χ3v) is 3.74. The van der Waals surface area contributed by atoms with Crippen LogP contribution >= 0.6 is 34.8 Å². The molecule has 0 bridgehead atoms. The van der Waals surface area contributed by atoms with E-state index in [0.29, 0.717) is 10.6 Å². The minimum atomic E-state index is -1.51. The molecule has 19 heavy (non-hydrogen) atoms. The molecule has 0 aromatic heterocycles. The van der Waals surface area contributed by atoms with Crippen LogP contribution in [0.4, 0.5) is 5.69 Å². The Morgan fingerprint density at radius 3 is 2.16 bits per heavy atom. The van der Waals surface area contributed by atoms with Gasteiger partial charge in [0.25, 0.3) is 5.69 Å². The first-order valence-corrected chi connectivity index (χ1v) is 6.44. The first kappa shape index (κ1) is 14.1. The van der Waals surface area contributed by atoms with E-state index in [1.165, 1.54) is 12.1 Å². The van der Waals surface area contributed by atoms with Gasteiger partial charge in [0.2, 0.25) is 0 Å². The van der Waals surface area contributed by atoms with Gasteiger partial charge in [0, 0.05) is 11.1 Å². The van der Waals surface area contributed by atoms with Gasteiger partial charge in [-0.15, -0.1) is 0 Å². The molecule has 0 amide bonds. The molecule has 0 N–H and O–H groups in total. The Morgan fingerprint density at radius 1 is 1.00 bits per heavy atom. The summed E-state index contributed by atoms with van der Waals surface area (Å²) in [5.74, 6) is 0. The van der Waals surface area contributed by atoms with Crippen LogP contribution in [0.3, 0.4) is 0 Å². The minimum absolute atomic E-state index is 0.123. The van der Waals surface area contributed by atoms with Gasteiger partial charge in [-0.05, 0) is 23.8 Å². The van der Waals surface area contributed by atoms with Gasteiger partial charge in [-0.1, -0.05) is 59.1 Å². The highest BCUT2D eigenvalue weighted by atomic mass is 35.5. The van der Waals surface area contributed by atoms with Crippen LogP contribution < -0.4 is 0 Å². The Bertz CT molecular complexity index is 612. The monoisotopic (exact) mass is 315 g/mol. The molecule has 0 unspecified atom stereocenters. The van der Waals surface area contributed by atoms with Crippen LogP contribution in [-0.2, 0) is 4.33 Å². The molecule has 98 valence electrons. The Hall–Kier alpha value is -1.29. The van der Waals surface area contributed by atoms with Crippen molar-refractivity contribution >= 4 is 40.5 Å². The summed E-state index contributed by atoms with van der Waals surface area (Å²) in [5, 5.41) is 11.6. The summed E-state index contributed by atoms with van der Waals surface area (Å²) in [4.78, 5) is 10.5. The van der Waals surface area contributed by atoms with Crippen LogP contribution in [0.2, 0.25) is 5.02 Å². The molecule has 3 nitrogen and oxygen atoms in total. The van der Waals surface area contributed by atoms with Crippen LogP contribution in [-0.4, -0.2) is 4.92 Å². The molecule has 0 aliphatic rings. The highest BCUT2D eigenvalue weighted by molar-refractivity contribution is 6.50. The summed E-state index contributed by atoms with van der Waals surface area (Å²) in [5.41, 5.74) is 0.627. The second-order valence-corrected chi connectivity index (χ2v) is 5.62. The smallest absolute Gasteiger partial charge is 0.258 e. The highest BCUT2D eigenvalue weighted by Crippen LogP contribution is 2.44. The molecular formula is C13H8Cl3NO2. The molecule has 0 atom stereocenters. The van der Waals surface area contributed by atoms with Crippen LogP contribution in [0.5, 0.6) is 0 Å².